The van der Waals surface area contributed by atoms with Crippen molar-refractivity contribution in [1.29, 1.82) is 0 Å². The third-order valence-electron chi connectivity index (χ3n) is 4.10. The summed E-state index contributed by atoms with van der Waals surface area (Å²) >= 11 is 0. The molecule has 0 bridgehead atoms. The van der Waals surface area contributed by atoms with E-state index in [0.717, 1.165) is 0 Å². The van der Waals surface area contributed by atoms with Gasteiger partial charge in [0.15, 0.2) is 0 Å². The van der Waals surface area contributed by atoms with Crippen LogP contribution in [0.2, 0.25) is 0 Å². The number of rotatable bonds is 7. The molecular formula is C16H26ClN. The summed E-state index contributed by atoms with van der Waals surface area (Å²) in [6.07, 6.45) is 3.07. The highest BCUT2D eigenvalue weighted by Crippen LogP contribution is 2.11. The third kappa shape index (κ3) is 4.47. The van der Waals surface area contributed by atoms with Crippen molar-refractivity contribution >= 4 is 6.08 Å². The summed E-state index contributed by atoms with van der Waals surface area (Å²) in [5.41, 5.74) is 2.64. The van der Waals surface area contributed by atoms with E-state index in [9.17, 15) is 0 Å². The third-order valence-corrected chi connectivity index (χ3v) is 4.10. The van der Waals surface area contributed by atoms with Crippen molar-refractivity contribution in [2.45, 2.75) is 27.2 Å². The first kappa shape index (κ1) is 17.2. The first-order valence-corrected chi connectivity index (χ1v) is 6.76. The maximum atomic E-state index is 3.78. The Morgan fingerprint density at radius 3 is 1.89 bits per heavy atom. The first-order chi connectivity index (χ1) is 8.19. The number of nitrogens with zero attached hydrogens (tertiary/aromatic N) is 1. The fourth-order valence-electron chi connectivity index (χ4n) is 2.33. The van der Waals surface area contributed by atoms with E-state index in [1.807, 2.05) is 6.08 Å². The van der Waals surface area contributed by atoms with Gasteiger partial charge in [-0.1, -0.05) is 36.9 Å². The van der Waals surface area contributed by atoms with Crippen molar-refractivity contribution < 1.29 is 16.9 Å². The number of halogens is 1. The normalized spacial score (nSPS) is 10.8. The molecule has 0 amide bonds. The largest absolute Gasteiger partial charge is 1.00 e. The molecule has 0 aliphatic heterocycles. The van der Waals surface area contributed by atoms with Crippen molar-refractivity contribution in [3.05, 3.63) is 42.0 Å². The maximum absolute atomic E-state index is 3.78. The number of hydrogen-bond donors (Lipinski definition) is 0. The summed E-state index contributed by atoms with van der Waals surface area (Å²) in [6, 6.07) is 8.76. The summed E-state index contributed by atoms with van der Waals surface area (Å²) in [7, 11) is 0. The van der Waals surface area contributed by atoms with Crippen LogP contribution in [0.4, 0.5) is 0 Å². The van der Waals surface area contributed by atoms with Gasteiger partial charge in [0.25, 0.3) is 0 Å². The molecule has 0 spiro atoms. The Labute approximate surface area is 119 Å². The molecule has 0 unspecified atom stereocenters. The average molecular weight is 268 g/mol. The Kier molecular flexibility index (Phi) is 7.97. The zero-order valence-corrected chi connectivity index (χ0v) is 12.7. The number of hydrogen-bond acceptors (Lipinski definition) is 0. The average Bonchev–Trinajstić information content (AvgIpc) is 2.41. The lowest BCUT2D eigenvalue weighted by atomic mass is 10.1. The van der Waals surface area contributed by atoms with E-state index in [-0.39, 0.29) is 12.4 Å². The number of benzene rings is 1. The molecule has 0 radical (unpaired) electrons. The second-order valence-electron chi connectivity index (χ2n) is 4.71. The molecule has 0 heterocycles. The molecule has 2 heteroatoms. The van der Waals surface area contributed by atoms with Gasteiger partial charge in [0.05, 0.1) is 26.2 Å². The summed E-state index contributed by atoms with van der Waals surface area (Å²) in [5, 5.41) is 0. The molecule has 18 heavy (non-hydrogen) atoms. The molecule has 0 aliphatic carbocycles. The lowest BCUT2D eigenvalue weighted by Crippen LogP contribution is -3.00. The molecule has 0 aliphatic rings. The highest BCUT2D eigenvalue weighted by atomic mass is 35.5. The van der Waals surface area contributed by atoms with E-state index in [1.165, 1.54) is 48.2 Å². The van der Waals surface area contributed by atoms with E-state index < -0.39 is 0 Å². The van der Waals surface area contributed by atoms with Gasteiger partial charge in [-0.15, -0.1) is 0 Å². The Balaban J connectivity index is 0.00000289. The smallest absolute Gasteiger partial charge is 0.0827 e. The fourth-order valence-corrected chi connectivity index (χ4v) is 2.33. The fraction of sp³-hybridized carbons (Fsp3) is 0.500. The predicted octanol–water partition coefficient (Wildman–Crippen LogP) is 0.753. The molecule has 102 valence electrons. The molecule has 1 aromatic rings. The van der Waals surface area contributed by atoms with Crippen molar-refractivity contribution in [3.8, 4) is 0 Å². The molecule has 1 rings (SSSR count). The van der Waals surface area contributed by atoms with Crippen molar-refractivity contribution in [1.82, 2.24) is 0 Å². The van der Waals surface area contributed by atoms with Gasteiger partial charge >= 0.3 is 0 Å². The zero-order chi connectivity index (χ0) is 12.7. The van der Waals surface area contributed by atoms with Gasteiger partial charge in [-0.05, 0) is 31.9 Å². The first-order valence-electron chi connectivity index (χ1n) is 6.76. The van der Waals surface area contributed by atoms with E-state index >= 15 is 0 Å². The molecule has 1 nitrogen and oxygen atoms in total. The second-order valence-corrected chi connectivity index (χ2v) is 4.71. The highest BCUT2D eigenvalue weighted by molar-refractivity contribution is 5.47. The SMILES string of the molecule is C=Cc1ccc(CC[N+](CC)(CC)CC)cc1.[Cl-]. The van der Waals surface area contributed by atoms with Crippen LogP contribution in [0, 0.1) is 0 Å². The second kappa shape index (κ2) is 8.34. The van der Waals surface area contributed by atoms with E-state index in [0.29, 0.717) is 0 Å². The van der Waals surface area contributed by atoms with Crippen LogP contribution in [0.15, 0.2) is 30.8 Å². The monoisotopic (exact) mass is 267 g/mol. The van der Waals surface area contributed by atoms with Crippen LogP contribution in [0.25, 0.3) is 6.08 Å². The van der Waals surface area contributed by atoms with Crippen LogP contribution >= 0.6 is 0 Å². The maximum Gasteiger partial charge on any atom is 0.0827 e. The van der Waals surface area contributed by atoms with Gasteiger partial charge in [0.2, 0.25) is 0 Å². The van der Waals surface area contributed by atoms with Crippen LogP contribution in [-0.2, 0) is 6.42 Å². The van der Waals surface area contributed by atoms with Crippen molar-refractivity contribution in [2.75, 3.05) is 26.2 Å². The number of quaternary nitrogens is 1. The minimum Gasteiger partial charge on any atom is -1.00 e. The Morgan fingerprint density at radius 2 is 1.50 bits per heavy atom. The van der Waals surface area contributed by atoms with Crippen molar-refractivity contribution in [2.24, 2.45) is 0 Å². The minimum absolute atomic E-state index is 0. The van der Waals surface area contributed by atoms with Crippen LogP contribution < -0.4 is 12.4 Å². The Bertz CT molecular complexity index is 330. The number of likely N-dealkylation sites (N-methyl/N-ethyl adjacent to an activating group) is 1. The summed E-state index contributed by atoms with van der Waals surface area (Å²) in [6.45, 7) is 15.6. The van der Waals surface area contributed by atoms with E-state index in [4.69, 9.17) is 0 Å². The standard InChI is InChI=1S/C16H26N.ClH/c1-5-15-9-11-16(12-10-15)13-14-17(6-2,7-3)8-4;/h5,9-12H,1,6-8,13-14H2,2-4H3;1H/q+1;/p-1. The molecule has 1 aromatic carbocycles. The van der Waals surface area contributed by atoms with Crippen LogP contribution in [0.5, 0.6) is 0 Å². The lowest BCUT2D eigenvalue weighted by molar-refractivity contribution is -0.923. The van der Waals surface area contributed by atoms with Gasteiger partial charge in [0, 0.05) is 6.42 Å². The predicted molar refractivity (Wildman–Crippen MR) is 77.0 cm³/mol. The lowest BCUT2D eigenvalue weighted by Gasteiger charge is -2.35. The molecule has 0 saturated heterocycles. The summed E-state index contributed by atoms with van der Waals surface area (Å²) < 4.78 is 1.23. The summed E-state index contributed by atoms with van der Waals surface area (Å²) in [5.74, 6) is 0. The molecule has 0 aromatic heterocycles. The van der Waals surface area contributed by atoms with Crippen molar-refractivity contribution in [3.63, 3.8) is 0 Å². The van der Waals surface area contributed by atoms with Gasteiger partial charge < -0.3 is 16.9 Å². The molecule has 0 atom stereocenters. The van der Waals surface area contributed by atoms with E-state index in [1.54, 1.807) is 0 Å². The van der Waals surface area contributed by atoms with Gasteiger partial charge in [-0.2, -0.15) is 0 Å². The van der Waals surface area contributed by atoms with Gasteiger partial charge in [-0.25, -0.2) is 0 Å². The van der Waals surface area contributed by atoms with Crippen LogP contribution in [-0.4, -0.2) is 30.7 Å². The van der Waals surface area contributed by atoms with Gasteiger partial charge in [-0.3, -0.25) is 0 Å². The minimum atomic E-state index is 0. The molecule has 0 fully saturated rings. The summed E-state index contributed by atoms with van der Waals surface area (Å²) in [4.78, 5) is 0. The van der Waals surface area contributed by atoms with Gasteiger partial charge in [0.1, 0.15) is 0 Å². The molecule has 0 saturated carbocycles. The molecular weight excluding hydrogens is 242 g/mol. The zero-order valence-electron chi connectivity index (χ0n) is 12.0. The van der Waals surface area contributed by atoms with E-state index in [2.05, 4.69) is 51.6 Å². The van der Waals surface area contributed by atoms with Crippen LogP contribution in [0.1, 0.15) is 31.9 Å². The highest BCUT2D eigenvalue weighted by Gasteiger charge is 2.19. The quantitative estimate of drug-likeness (QED) is 0.640. The van der Waals surface area contributed by atoms with Crippen LogP contribution in [0.3, 0.4) is 0 Å². The Hall–Kier alpha value is -0.790. The molecule has 0 N–H and O–H groups in total. The Morgan fingerprint density at radius 1 is 1.00 bits per heavy atom. The topological polar surface area (TPSA) is 0 Å².